The second-order valence-electron chi connectivity index (χ2n) is 6.36. The van der Waals surface area contributed by atoms with E-state index in [4.69, 9.17) is 16.7 Å². The first-order valence-electron chi connectivity index (χ1n) is 8.69. The van der Waals surface area contributed by atoms with E-state index < -0.39 is 6.04 Å². The fourth-order valence-corrected chi connectivity index (χ4v) is 3.43. The van der Waals surface area contributed by atoms with E-state index in [1.807, 2.05) is 18.7 Å². The zero-order valence-corrected chi connectivity index (χ0v) is 16.2. The Kier molecular flexibility index (Phi) is 5.55. The Morgan fingerprint density at radius 1 is 1.37 bits per heavy atom. The fraction of sp³-hybridized carbons (Fsp3) is 0.316. The van der Waals surface area contributed by atoms with Crippen molar-refractivity contribution in [2.24, 2.45) is 0 Å². The normalized spacial score (nSPS) is 17.1. The zero-order valence-electron chi connectivity index (χ0n) is 15.4. The number of halogens is 1. The number of carbonyl (C=O) groups is 1. The van der Waals surface area contributed by atoms with E-state index >= 15 is 0 Å². The molecule has 27 heavy (non-hydrogen) atoms. The largest absolute Gasteiger partial charge is 0.360 e. The lowest BCUT2D eigenvalue weighted by Gasteiger charge is -2.37. The van der Waals surface area contributed by atoms with Gasteiger partial charge >= 0.3 is 0 Å². The number of rotatable bonds is 5. The molecule has 1 aromatic carbocycles. The summed E-state index contributed by atoms with van der Waals surface area (Å²) in [4.78, 5) is 15.0. The van der Waals surface area contributed by atoms with Gasteiger partial charge in [0.1, 0.15) is 11.6 Å². The first-order valence-corrected chi connectivity index (χ1v) is 9.10. The Hall–Kier alpha value is -2.74. The molecular weight excluding hydrogens is 367 g/mol. The van der Waals surface area contributed by atoms with Crippen molar-refractivity contribution < 1.29 is 13.7 Å². The van der Waals surface area contributed by atoms with Crippen LogP contribution in [0.3, 0.4) is 0 Å². The summed E-state index contributed by atoms with van der Waals surface area (Å²) in [5, 5.41) is 10.3. The average Bonchev–Trinajstić information content (AvgIpc) is 3.03. The van der Waals surface area contributed by atoms with Crippen molar-refractivity contribution in [3.05, 3.63) is 58.7 Å². The van der Waals surface area contributed by atoms with Crippen LogP contribution in [0.25, 0.3) is 0 Å². The van der Waals surface area contributed by atoms with Gasteiger partial charge in [-0.2, -0.15) is 0 Å². The van der Waals surface area contributed by atoms with Crippen LogP contribution < -0.4 is 10.6 Å². The summed E-state index contributed by atoms with van der Waals surface area (Å²) in [5.74, 6) is 0.285. The van der Waals surface area contributed by atoms with Gasteiger partial charge in [0.2, 0.25) is 0 Å². The van der Waals surface area contributed by atoms with Gasteiger partial charge in [-0.25, -0.2) is 4.39 Å². The summed E-state index contributed by atoms with van der Waals surface area (Å²) in [6.45, 7) is 6.34. The molecule has 6 nitrogen and oxygen atoms in total. The maximum Gasteiger partial charge on any atom is 0.257 e. The van der Waals surface area contributed by atoms with E-state index in [9.17, 15) is 9.18 Å². The van der Waals surface area contributed by atoms with E-state index in [1.54, 1.807) is 25.1 Å². The second-order valence-corrected chi connectivity index (χ2v) is 6.75. The highest BCUT2D eigenvalue weighted by molar-refractivity contribution is 7.80. The summed E-state index contributed by atoms with van der Waals surface area (Å²) < 4.78 is 18.4. The van der Waals surface area contributed by atoms with E-state index in [-0.39, 0.29) is 11.7 Å². The van der Waals surface area contributed by atoms with Crippen LogP contribution in [0, 0.1) is 12.7 Å². The Labute approximate surface area is 162 Å². The number of thiocarbonyl (C=S) groups is 1. The number of hydrogen-bond acceptors (Lipinski definition) is 4. The van der Waals surface area contributed by atoms with Gasteiger partial charge in [-0.05, 0) is 50.2 Å². The third kappa shape index (κ3) is 4.00. The molecule has 1 aliphatic rings. The maximum absolute atomic E-state index is 13.4. The molecule has 1 atom stereocenters. The predicted molar refractivity (Wildman–Crippen MR) is 104 cm³/mol. The van der Waals surface area contributed by atoms with Gasteiger partial charge in [-0.15, -0.1) is 0 Å². The monoisotopic (exact) mass is 388 g/mol. The van der Waals surface area contributed by atoms with Gasteiger partial charge in [0.25, 0.3) is 5.91 Å². The predicted octanol–water partition coefficient (Wildman–Crippen LogP) is 3.68. The van der Waals surface area contributed by atoms with Crippen molar-refractivity contribution in [1.82, 2.24) is 15.4 Å². The fourth-order valence-electron chi connectivity index (χ4n) is 3.08. The summed E-state index contributed by atoms with van der Waals surface area (Å²) in [7, 11) is 0. The standard InChI is InChI=1S/C19H21FN4O2S/c1-4-9-24-12(3)16(18(25)21-15-10-11(2)26-23-15)17(22-19(24)27)13-5-7-14(20)8-6-13/h5-8,10,17H,4,9H2,1-3H3,(H,22,27)(H,21,23,25). The Morgan fingerprint density at radius 2 is 2.07 bits per heavy atom. The number of anilines is 1. The van der Waals surface area contributed by atoms with Crippen molar-refractivity contribution in [2.75, 3.05) is 11.9 Å². The molecule has 142 valence electrons. The van der Waals surface area contributed by atoms with Gasteiger partial charge in [-0.3, -0.25) is 4.79 Å². The number of allylic oxidation sites excluding steroid dienone is 1. The van der Waals surface area contributed by atoms with Crippen LogP contribution in [0.4, 0.5) is 10.2 Å². The molecule has 0 aliphatic carbocycles. The minimum absolute atomic E-state index is 0.314. The Morgan fingerprint density at radius 3 is 2.67 bits per heavy atom. The van der Waals surface area contributed by atoms with E-state index in [0.717, 1.165) is 17.7 Å². The number of hydrogen-bond donors (Lipinski definition) is 2. The van der Waals surface area contributed by atoms with Gasteiger partial charge in [0, 0.05) is 18.3 Å². The van der Waals surface area contributed by atoms with Crippen molar-refractivity contribution in [3.8, 4) is 0 Å². The van der Waals surface area contributed by atoms with Gasteiger partial charge in [0.05, 0.1) is 11.6 Å². The smallest absolute Gasteiger partial charge is 0.257 e. The quantitative estimate of drug-likeness (QED) is 0.762. The lowest BCUT2D eigenvalue weighted by atomic mass is 9.94. The van der Waals surface area contributed by atoms with Crippen LogP contribution in [0.1, 0.15) is 37.6 Å². The van der Waals surface area contributed by atoms with E-state index in [1.165, 1.54) is 12.1 Å². The average molecular weight is 388 g/mol. The van der Waals surface area contributed by atoms with Gasteiger partial charge in [0.15, 0.2) is 10.9 Å². The Bertz CT molecular complexity index is 891. The first kappa shape index (κ1) is 19.0. The van der Waals surface area contributed by atoms with E-state index in [0.29, 0.717) is 28.8 Å². The molecule has 1 amide bonds. The molecule has 2 aromatic rings. The number of amides is 1. The molecule has 1 unspecified atom stereocenters. The molecule has 2 heterocycles. The highest BCUT2D eigenvalue weighted by Crippen LogP contribution is 2.31. The molecule has 0 spiro atoms. The van der Waals surface area contributed by atoms with Crippen molar-refractivity contribution >= 4 is 29.1 Å². The van der Waals surface area contributed by atoms with Crippen LogP contribution in [0.5, 0.6) is 0 Å². The number of aryl methyl sites for hydroxylation is 1. The molecule has 1 aliphatic heterocycles. The molecule has 1 aromatic heterocycles. The molecule has 0 bridgehead atoms. The van der Waals surface area contributed by atoms with Gasteiger partial charge in [-0.1, -0.05) is 24.2 Å². The minimum Gasteiger partial charge on any atom is -0.360 e. The molecule has 8 heteroatoms. The highest BCUT2D eigenvalue weighted by Gasteiger charge is 2.33. The number of benzene rings is 1. The summed E-state index contributed by atoms with van der Waals surface area (Å²) in [6, 6.07) is 7.18. The van der Waals surface area contributed by atoms with Crippen molar-refractivity contribution in [2.45, 2.75) is 33.2 Å². The SMILES string of the molecule is CCCN1C(=S)NC(c2ccc(F)cc2)C(C(=O)Nc2cc(C)on2)=C1C. The number of carbonyl (C=O) groups excluding carboxylic acids is 1. The third-order valence-electron chi connectivity index (χ3n) is 4.36. The van der Waals surface area contributed by atoms with Crippen molar-refractivity contribution in [1.29, 1.82) is 0 Å². The summed E-state index contributed by atoms with van der Waals surface area (Å²) in [5.41, 5.74) is 2.01. The van der Waals surface area contributed by atoms with Crippen LogP contribution in [-0.4, -0.2) is 27.6 Å². The first-order chi connectivity index (χ1) is 12.9. The molecule has 0 radical (unpaired) electrons. The molecule has 0 fully saturated rings. The molecule has 0 saturated carbocycles. The van der Waals surface area contributed by atoms with E-state index in [2.05, 4.69) is 15.8 Å². The van der Waals surface area contributed by atoms with Crippen LogP contribution in [0.2, 0.25) is 0 Å². The second kappa shape index (κ2) is 7.87. The number of nitrogens with one attached hydrogen (secondary N) is 2. The molecule has 2 N–H and O–H groups in total. The zero-order chi connectivity index (χ0) is 19.6. The number of nitrogens with zero attached hydrogens (tertiary/aromatic N) is 2. The van der Waals surface area contributed by atoms with Crippen LogP contribution in [0.15, 0.2) is 46.1 Å². The molecule has 0 saturated heterocycles. The summed E-state index contributed by atoms with van der Waals surface area (Å²) >= 11 is 5.49. The minimum atomic E-state index is -0.487. The van der Waals surface area contributed by atoms with Crippen molar-refractivity contribution in [3.63, 3.8) is 0 Å². The topological polar surface area (TPSA) is 70.4 Å². The maximum atomic E-state index is 13.4. The third-order valence-corrected chi connectivity index (χ3v) is 4.70. The highest BCUT2D eigenvalue weighted by atomic mass is 32.1. The number of aromatic nitrogens is 1. The van der Waals surface area contributed by atoms with Gasteiger partial charge < -0.3 is 20.1 Å². The van der Waals surface area contributed by atoms with Crippen LogP contribution >= 0.6 is 12.2 Å². The Balaban J connectivity index is 2.01. The summed E-state index contributed by atoms with van der Waals surface area (Å²) in [6.07, 6.45) is 0.873. The molecule has 3 rings (SSSR count). The van der Waals surface area contributed by atoms with Crippen LogP contribution in [-0.2, 0) is 4.79 Å². The lowest BCUT2D eigenvalue weighted by Crippen LogP contribution is -2.48. The lowest BCUT2D eigenvalue weighted by molar-refractivity contribution is -0.113. The molecular formula is C19H21FN4O2S.